The van der Waals surface area contributed by atoms with Gasteiger partial charge in [-0.05, 0) is 49.0 Å². The lowest BCUT2D eigenvalue weighted by atomic mass is 9.95. The van der Waals surface area contributed by atoms with Crippen LogP contribution in [0.5, 0.6) is 0 Å². The summed E-state index contributed by atoms with van der Waals surface area (Å²) in [6.45, 7) is 1.82. The van der Waals surface area contributed by atoms with E-state index in [0.717, 1.165) is 44.6 Å². The second-order valence-corrected chi connectivity index (χ2v) is 7.97. The monoisotopic (exact) mass is 388 g/mol. The third-order valence-electron chi connectivity index (χ3n) is 5.18. The minimum absolute atomic E-state index is 0.0286. The quantitative estimate of drug-likeness (QED) is 0.749. The number of amides is 1. The molecule has 144 valence electrons. The van der Waals surface area contributed by atoms with Gasteiger partial charge in [-0.1, -0.05) is 11.8 Å². The summed E-state index contributed by atoms with van der Waals surface area (Å²) in [5.41, 5.74) is 2.55. The number of hydrogen-bond acceptors (Lipinski definition) is 8. The molecule has 4 rings (SSSR count). The summed E-state index contributed by atoms with van der Waals surface area (Å²) in [6.07, 6.45) is 8.15. The minimum atomic E-state index is 0.0286. The second-order valence-electron chi connectivity index (χ2n) is 7.03. The summed E-state index contributed by atoms with van der Waals surface area (Å²) < 4.78 is 1.57. The maximum absolute atomic E-state index is 12.2. The first-order valence-corrected chi connectivity index (χ1v) is 10.4. The fraction of sp³-hybridized carbons (Fsp3) is 0.647. The summed E-state index contributed by atoms with van der Waals surface area (Å²) in [6, 6.07) is 0.213. The smallest absolute Gasteiger partial charge is 0.230 e. The number of piperidine rings is 1. The number of aryl methyl sites for hydroxylation is 2. The number of carbonyl (C=O) groups excluding carboxylic acids is 1. The average molecular weight is 389 g/mol. The third-order valence-corrected chi connectivity index (χ3v) is 6.19. The van der Waals surface area contributed by atoms with E-state index in [1.807, 2.05) is 0 Å². The van der Waals surface area contributed by atoms with Crippen LogP contribution in [0.25, 0.3) is 0 Å². The lowest BCUT2D eigenvalue weighted by molar-refractivity contribution is -0.119. The highest BCUT2D eigenvalue weighted by Gasteiger charge is 2.25. The molecule has 2 aliphatic rings. The van der Waals surface area contributed by atoms with E-state index >= 15 is 0 Å². The normalized spacial score (nSPS) is 17.6. The molecule has 9 nitrogen and oxygen atoms in total. The molecule has 1 amide bonds. The van der Waals surface area contributed by atoms with Gasteiger partial charge in [-0.2, -0.15) is 0 Å². The van der Waals surface area contributed by atoms with E-state index in [4.69, 9.17) is 0 Å². The highest BCUT2D eigenvalue weighted by Crippen LogP contribution is 2.28. The zero-order chi connectivity index (χ0) is 18.6. The van der Waals surface area contributed by atoms with Crippen LogP contribution in [0.4, 0.5) is 5.82 Å². The van der Waals surface area contributed by atoms with Crippen molar-refractivity contribution in [3.05, 3.63) is 17.6 Å². The summed E-state index contributed by atoms with van der Waals surface area (Å²) in [4.78, 5) is 23.6. The highest BCUT2D eigenvalue weighted by atomic mass is 32.2. The van der Waals surface area contributed by atoms with Crippen molar-refractivity contribution in [2.45, 2.75) is 49.7 Å². The van der Waals surface area contributed by atoms with Crippen molar-refractivity contribution in [2.75, 3.05) is 23.7 Å². The van der Waals surface area contributed by atoms with Gasteiger partial charge >= 0.3 is 0 Å². The Hall–Kier alpha value is -2.23. The van der Waals surface area contributed by atoms with Crippen LogP contribution in [0.2, 0.25) is 0 Å². The van der Waals surface area contributed by atoms with Gasteiger partial charge in [0.1, 0.15) is 12.1 Å². The number of rotatable bonds is 5. The zero-order valence-corrected chi connectivity index (χ0v) is 16.3. The van der Waals surface area contributed by atoms with Crippen LogP contribution in [0, 0.1) is 0 Å². The number of carbonyl (C=O) groups is 1. The Morgan fingerprint density at radius 1 is 1.26 bits per heavy atom. The number of anilines is 1. The molecule has 0 saturated carbocycles. The minimum Gasteiger partial charge on any atom is -0.356 e. The van der Waals surface area contributed by atoms with E-state index in [1.165, 1.54) is 35.9 Å². The van der Waals surface area contributed by atoms with E-state index < -0.39 is 0 Å². The highest BCUT2D eigenvalue weighted by molar-refractivity contribution is 7.99. The van der Waals surface area contributed by atoms with Gasteiger partial charge in [-0.25, -0.2) is 14.6 Å². The van der Waals surface area contributed by atoms with Crippen molar-refractivity contribution in [1.82, 2.24) is 35.5 Å². The Morgan fingerprint density at radius 3 is 2.85 bits per heavy atom. The molecule has 0 spiro atoms. The van der Waals surface area contributed by atoms with Gasteiger partial charge in [0.05, 0.1) is 5.75 Å². The van der Waals surface area contributed by atoms with Crippen LogP contribution >= 0.6 is 11.8 Å². The molecule has 10 heteroatoms. The Bertz CT molecular complexity index is 802. The Morgan fingerprint density at radius 2 is 2.07 bits per heavy atom. The number of nitrogens with zero attached hydrogens (tertiary/aromatic N) is 7. The summed E-state index contributed by atoms with van der Waals surface area (Å²) in [7, 11) is 1.77. The standard InChI is InChI=1S/C17H24N8OS/c1-24-17(21-22-23-24)27-10-15(26)20-12-6-8-25(9-7-12)16-13-4-2-3-5-14(13)18-11-19-16/h11-12H,2-10H2,1H3,(H,20,26). The molecule has 0 atom stereocenters. The lowest BCUT2D eigenvalue weighted by Crippen LogP contribution is -2.45. The van der Waals surface area contributed by atoms with Crippen molar-refractivity contribution in [2.24, 2.45) is 7.05 Å². The fourth-order valence-electron chi connectivity index (χ4n) is 3.75. The molecular formula is C17H24N8OS. The number of hydrogen-bond donors (Lipinski definition) is 1. The van der Waals surface area contributed by atoms with Crippen LogP contribution in [-0.4, -0.2) is 61.0 Å². The van der Waals surface area contributed by atoms with Gasteiger partial charge in [0.2, 0.25) is 11.1 Å². The van der Waals surface area contributed by atoms with Crippen LogP contribution in [0.15, 0.2) is 11.5 Å². The molecule has 27 heavy (non-hydrogen) atoms. The first kappa shape index (κ1) is 18.1. The van der Waals surface area contributed by atoms with Gasteiger partial charge in [-0.15, -0.1) is 5.10 Å². The van der Waals surface area contributed by atoms with E-state index in [9.17, 15) is 4.79 Å². The molecule has 2 aromatic heterocycles. The average Bonchev–Trinajstić information content (AvgIpc) is 3.11. The Balaban J connectivity index is 1.28. The maximum atomic E-state index is 12.2. The van der Waals surface area contributed by atoms with Gasteiger partial charge < -0.3 is 10.2 Å². The predicted octanol–water partition coefficient (Wildman–Crippen LogP) is 0.756. The lowest BCUT2D eigenvalue weighted by Gasteiger charge is -2.35. The summed E-state index contributed by atoms with van der Waals surface area (Å²) >= 11 is 1.35. The van der Waals surface area contributed by atoms with Crippen molar-refractivity contribution < 1.29 is 4.79 Å². The van der Waals surface area contributed by atoms with Crippen LogP contribution < -0.4 is 10.2 Å². The van der Waals surface area contributed by atoms with E-state index in [0.29, 0.717) is 10.9 Å². The first-order chi connectivity index (χ1) is 13.2. The van der Waals surface area contributed by atoms with Crippen molar-refractivity contribution in [1.29, 1.82) is 0 Å². The predicted molar refractivity (Wildman–Crippen MR) is 102 cm³/mol. The SMILES string of the molecule is Cn1nnnc1SCC(=O)NC1CCN(c2ncnc3c2CCCC3)CC1. The van der Waals surface area contributed by atoms with Crippen molar-refractivity contribution in [3.63, 3.8) is 0 Å². The molecule has 0 bridgehead atoms. The Labute approximate surface area is 162 Å². The molecule has 0 aromatic carbocycles. The van der Waals surface area contributed by atoms with Crippen LogP contribution in [0.1, 0.15) is 36.9 Å². The second kappa shape index (κ2) is 8.20. The van der Waals surface area contributed by atoms with Crippen molar-refractivity contribution in [3.8, 4) is 0 Å². The number of nitrogens with one attached hydrogen (secondary N) is 1. The molecule has 1 fully saturated rings. The molecular weight excluding hydrogens is 364 g/mol. The van der Waals surface area contributed by atoms with Gasteiger partial charge in [0.15, 0.2) is 0 Å². The molecule has 1 aliphatic heterocycles. The largest absolute Gasteiger partial charge is 0.356 e. The van der Waals surface area contributed by atoms with E-state index in [-0.39, 0.29) is 11.9 Å². The molecule has 1 aliphatic carbocycles. The number of thioether (sulfide) groups is 1. The number of aromatic nitrogens is 6. The molecule has 1 saturated heterocycles. The number of fused-ring (bicyclic) bond motifs is 1. The molecule has 0 unspecified atom stereocenters. The van der Waals surface area contributed by atoms with Crippen LogP contribution in [0.3, 0.4) is 0 Å². The zero-order valence-electron chi connectivity index (χ0n) is 15.5. The summed E-state index contributed by atoms with van der Waals surface area (Å²) in [5.74, 6) is 1.46. The number of tetrazole rings is 1. The molecule has 3 heterocycles. The summed E-state index contributed by atoms with van der Waals surface area (Å²) in [5, 5.41) is 15.0. The van der Waals surface area contributed by atoms with E-state index in [2.05, 4.69) is 35.7 Å². The fourth-order valence-corrected chi connectivity index (χ4v) is 4.42. The Kier molecular flexibility index (Phi) is 5.51. The van der Waals surface area contributed by atoms with Gasteiger partial charge in [0, 0.05) is 37.4 Å². The maximum Gasteiger partial charge on any atom is 0.230 e. The van der Waals surface area contributed by atoms with Gasteiger partial charge in [-0.3, -0.25) is 4.79 Å². The topological polar surface area (TPSA) is 102 Å². The molecule has 0 radical (unpaired) electrons. The van der Waals surface area contributed by atoms with Crippen molar-refractivity contribution >= 4 is 23.5 Å². The molecule has 2 aromatic rings. The third kappa shape index (κ3) is 4.20. The van der Waals surface area contributed by atoms with E-state index in [1.54, 1.807) is 18.1 Å². The first-order valence-electron chi connectivity index (χ1n) is 9.43. The van der Waals surface area contributed by atoms with Crippen LogP contribution in [-0.2, 0) is 24.7 Å². The van der Waals surface area contributed by atoms with Gasteiger partial charge in [0.25, 0.3) is 0 Å². The molecule has 1 N–H and O–H groups in total.